The summed E-state index contributed by atoms with van der Waals surface area (Å²) in [5, 5.41) is 0. The van der Waals surface area contributed by atoms with Crippen LogP contribution in [0.2, 0.25) is 0 Å². The maximum Gasteiger partial charge on any atom is 0.0724 e. The first kappa shape index (κ1) is 11.0. The normalized spacial score (nSPS) is 32.1. The maximum atomic E-state index is 5.49. The summed E-state index contributed by atoms with van der Waals surface area (Å²) in [5.41, 5.74) is 0.289. The van der Waals surface area contributed by atoms with E-state index in [-0.39, 0.29) is 5.54 Å². The third-order valence-electron chi connectivity index (χ3n) is 3.14. The van der Waals surface area contributed by atoms with Crippen molar-refractivity contribution in [3.63, 3.8) is 0 Å². The number of hydrogen-bond donors (Lipinski definition) is 0. The topological polar surface area (TPSA) is 12.5 Å². The molecule has 2 nitrogen and oxygen atoms in total. The summed E-state index contributed by atoms with van der Waals surface area (Å²) in [6.45, 7) is 11.4. The molecule has 0 aromatic rings. The van der Waals surface area contributed by atoms with Crippen molar-refractivity contribution >= 4 is 0 Å². The van der Waals surface area contributed by atoms with Crippen molar-refractivity contribution in [3.05, 3.63) is 0 Å². The van der Waals surface area contributed by atoms with E-state index in [4.69, 9.17) is 4.74 Å². The summed E-state index contributed by atoms with van der Waals surface area (Å²) in [5.74, 6) is 0.712. The molecule has 2 atom stereocenters. The van der Waals surface area contributed by atoms with E-state index in [0.717, 1.165) is 6.54 Å². The van der Waals surface area contributed by atoms with Gasteiger partial charge in [-0.3, -0.25) is 4.90 Å². The molecule has 1 saturated heterocycles. The Balaban J connectivity index is 2.55. The molecule has 1 fully saturated rings. The number of hydrogen-bond acceptors (Lipinski definition) is 2. The Hall–Kier alpha value is -0.0800. The molecule has 0 N–H and O–H groups in total. The Morgan fingerprint density at radius 3 is 2.38 bits per heavy atom. The summed E-state index contributed by atoms with van der Waals surface area (Å²) in [6.07, 6.45) is 1.68. The first-order valence-electron chi connectivity index (χ1n) is 5.23. The molecule has 13 heavy (non-hydrogen) atoms. The van der Waals surface area contributed by atoms with E-state index < -0.39 is 0 Å². The second-order valence-electron chi connectivity index (χ2n) is 5.16. The highest BCUT2D eigenvalue weighted by molar-refractivity contribution is 4.85. The molecule has 0 unspecified atom stereocenters. The zero-order valence-electron chi connectivity index (χ0n) is 9.63. The van der Waals surface area contributed by atoms with Gasteiger partial charge in [0.2, 0.25) is 0 Å². The lowest BCUT2D eigenvalue weighted by Crippen LogP contribution is -2.51. The van der Waals surface area contributed by atoms with Gasteiger partial charge in [-0.25, -0.2) is 0 Å². The molecular weight excluding hydrogens is 162 g/mol. The SMILES string of the molecule is CO[C@@H]1CN(C(C)(C)C)CC[C@H]1C. The van der Waals surface area contributed by atoms with Gasteiger partial charge >= 0.3 is 0 Å². The monoisotopic (exact) mass is 185 g/mol. The highest BCUT2D eigenvalue weighted by Gasteiger charge is 2.31. The van der Waals surface area contributed by atoms with Crippen molar-refractivity contribution in [1.29, 1.82) is 0 Å². The summed E-state index contributed by atoms with van der Waals surface area (Å²) < 4.78 is 5.49. The van der Waals surface area contributed by atoms with Gasteiger partial charge in [0.15, 0.2) is 0 Å². The summed E-state index contributed by atoms with van der Waals surface area (Å²) in [6, 6.07) is 0. The van der Waals surface area contributed by atoms with Gasteiger partial charge in [0.25, 0.3) is 0 Å². The van der Waals surface area contributed by atoms with Gasteiger partial charge in [-0.2, -0.15) is 0 Å². The first-order chi connectivity index (χ1) is 5.95. The van der Waals surface area contributed by atoms with Crippen LogP contribution in [0.5, 0.6) is 0 Å². The van der Waals surface area contributed by atoms with Crippen LogP contribution >= 0.6 is 0 Å². The first-order valence-corrected chi connectivity index (χ1v) is 5.23. The number of rotatable bonds is 1. The minimum absolute atomic E-state index is 0.289. The van der Waals surface area contributed by atoms with E-state index in [1.807, 2.05) is 7.11 Å². The molecule has 0 radical (unpaired) electrons. The van der Waals surface area contributed by atoms with Crippen molar-refractivity contribution < 1.29 is 4.74 Å². The van der Waals surface area contributed by atoms with E-state index in [9.17, 15) is 0 Å². The van der Waals surface area contributed by atoms with Crippen LogP contribution in [0.1, 0.15) is 34.1 Å². The molecule has 0 aliphatic carbocycles. The zero-order valence-corrected chi connectivity index (χ0v) is 9.63. The minimum atomic E-state index is 0.289. The van der Waals surface area contributed by atoms with E-state index in [1.54, 1.807) is 0 Å². The van der Waals surface area contributed by atoms with Gasteiger partial charge in [0.05, 0.1) is 6.10 Å². The fourth-order valence-electron chi connectivity index (χ4n) is 1.95. The number of piperidine rings is 1. The highest BCUT2D eigenvalue weighted by atomic mass is 16.5. The number of ether oxygens (including phenoxy) is 1. The number of likely N-dealkylation sites (tertiary alicyclic amines) is 1. The predicted octanol–water partition coefficient (Wildman–Crippen LogP) is 2.14. The van der Waals surface area contributed by atoms with E-state index >= 15 is 0 Å². The summed E-state index contributed by atoms with van der Waals surface area (Å²) >= 11 is 0. The predicted molar refractivity (Wildman–Crippen MR) is 55.9 cm³/mol. The molecule has 1 aliphatic heterocycles. The van der Waals surface area contributed by atoms with Crippen LogP contribution < -0.4 is 0 Å². The Labute approximate surface area is 82.3 Å². The summed E-state index contributed by atoms with van der Waals surface area (Å²) in [4.78, 5) is 2.52. The molecule has 1 rings (SSSR count). The lowest BCUT2D eigenvalue weighted by atomic mass is 9.92. The molecule has 0 saturated carbocycles. The van der Waals surface area contributed by atoms with Crippen molar-refractivity contribution in [2.45, 2.75) is 45.8 Å². The van der Waals surface area contributed by atoms with Crippen LogP contribution in [0.4, 0.5) is 0 Å². The van der Waals surface area contributed by atoms with Crippen molar-refractivity contribution in [3.8, 4) is 0 Å². The minimum Gasteiger partial charge on any atom is -0.380 e. The summed E-state index contributed by atoms with van der Waals surface area (Å²) in [7, 11) is 1.83. The van der Waals surface area contributed by atoms with Crippen LogP contribution in [0.25, 0.3) is 0 Å². The average Bonchev–Trinajstić information content (AvgIpc) is 2.03. The largest absolute Gasteiger partial charge is 0.380 e. The molecule has 0 aromatic heterocycles. The third kappa shape index (κ3) is 2.68. The Kier molecular flexibility index (Phi) is 3.36. The average molecular weight is 185 g/mol. The molecule has 0 spiro atoms. The van der Waals surface area contributed by atoms with E-state index in [1.165, 1.54) is 13.0 Å². The fraction of sp³-hybridized carbons (Fsp3) is 1.00. The number of methoxy groups -OCH3 is 1. The van der Waals surface area contributed by atoms with Gasteiger partial charge in [-0.1, -0.05) is 6.92 Å². The third-order valence-corrected chi connectivity index (χ3v) is 3.14. The number of nitrogens with zero attached hydrogens (tertiary/aromatic N) is 1. The van der Waals surface area contributed by atoms with Crippen molar-refractivity contribution in [1.82, 2.24) is 4.90 Å². The van der Waals surface area contributed by atoms with E-state index in [0.29, 0.717) is 12.0 Å². The molecule has 0 bridgehead atoms. The Morgan fingerprint density at radius 2 is 1.92 bits per heavy atom. The van der Waals surface area contributed by atoms with Crippen molar-refractivity contribution in [2.24, 2.45) is 5.92 Å². The Morgan fingerprint density at radius 1 is 1.31 bits per heavy atom. The second-order valence-corrected chi connectivity index (χ2v) is 5.16. The molecule has 1 aliphatic rings. The van der Waals surface area contributed by atoms with Crippen LogP contribution in [0.15, 0.2) is 0 Å². The fourth-order valence-corrected chi connectivity index (χ4v) is 1.95. The second kappa shape index (κ2) is 3.97. The quantitative estimate of drug-likeness (QED) is 0.620. The molecule has 0 amide bonds. The Bertz CT molecular complexity index is 162. The van der Waals surface area contributed by atoms with Crippen LogP contribution in [0.3, 0.4) is 0 Å². The van der Waals surface area contributed by atoms with Gasteiger partial charge in [0.1, 0.15) is 0 Å². The molecule has 0 aromatic carbocycles. The highest BCUT2D eigenvalue weighted by Crippen LogP contribution is 2.24. The van der Waals surface area contributed by atoms with Crippen LogP contribution in [0, 0.1) is 5.92 Å². The van der Waals surface area contributed by atoms with Gasteiger partial charge in [-0.15, -0.1) is 0 Å². The van der Waals surface area contributed by atoms with Gasteiger partial charge in [0, 0.05) is 19.2 Å². The van der Waals surface area contributed by atoms with Crippen LogP contribution in [-0.4, -0.2) is 36.7 Å². The van der Waals surface area contributed by atoms with Crippen LogP contribution in [-0.2, 0) is 4.74 Å². The molecule has 2 heteroatoms. The standard InChI is InChI=1S/C11H23NO/c1-9-6-7-12(11(2,3)4)8-10(9)13-5/h9-10H,6-8H2,1-5H3/t9-,10-/m1/s1. The molecule has 1 heterocycles. The van der Waals surface area contributed by atoms with Gasteiger partial charge in [-0.05, 0) is 39.7 Å². The smallest absolute Gasteiger partial charge is 0.0724 e. The molecule has 78 valence electrons. The maximum absolute atomic E-state index is 5.49. The molecular formula is C11H23NO. The van der Waals surface area contributed by atoms with Gasteiger partial charge < -0.3 is 4.74 Å². The lowest BCUT2D eigenvalue weighted by molar-refractivity contribution is -0.0334. The zero-order chi connectivity index (χ0) is 10.1. The van der Waals surface area contributed by atoms with Crippen molar-refractivity contribution in [2.75, 3.05) is 20.2 Å². The van der Waals surface area contributed by atoms with E-state index in [2.05, 4.69) is 32.6 Å². The lowest BCUT2D eigenvalue weighted by Gasteiger charge is -2.43.